The van der Waals surface area contributed by atoms with Gasteiger partial charge in [-0.25, -0.2) is 0 Å². The summed E-state index contributed by atoms with van der Waals surface area (Å²) < 4.78 is 0. The van der Waals surface area contributed by atoms with Gasteiger partial charge in [0, 0.05) is 26.1 Å². The summed E-state index contributed by atoms with van der Waals surface area (Å²) >= 11 is 0. The van der Waals surface area contributed by atoms with E-state index in [-0.39, 0.29) is 0 Å². The molecule has 0 saturated carbocycles. The summed E-state index contributed by atoms with van der Waals surface area (Å²) in [6.45, 7) is 6.11. The van der Waals surface area contributed by atoms with Crippen LogP contribution in [0.1, 0.15) is 19.2 Å². The lowest BCUT2D eigenvalue weighted by Crippen LogP contribution is -2.30. The number of nitrogen functional groups attached to an aromatic ring is 1. The molecule has 0 bridgehead atoms. The first-order valence-corrected chi connectivity index (χ1v) is 6.13. The maximum absolute atomic E-state index is 5.71. The van der Waals surface area contributed by atoms with Crippen LogP contribution in [-0.2, 0) is 6.42 Å². The molecule has 2 rings (SSSR count). The summed E-state index contributed by atoms with van der Waals surface area (Å²) in [7, 11) is 2.14. The lowest BCUT2D eigenvalue weighted by atomic mass is 10.4. The summed E-state index contributed by atoms with van der Waals surface area (Å²) in [5.41, 5.74) is 5.71. The van der Waals surface area contributed by atoms with Crippen molar-refractivity contribution in [1.82, 2.24) is 19.9 Å². The van der Waals surface area contributed by atoms with Crippen LogP contribution < -0.4 is 10.6 Å². The average Bonchev–Trinajstić information content (AvgIpc) is 2.53. The zero-order chi connectivity index (χ0) is 12.3. The van der Waals surface area contributed by atoms with Gasteiger partial charge in [0.2, 0.25) is 11.9 Å². The van der Waals surface area contributed by atoms with Crippen LogP contribution in [0.4, 0.5) is 11.9 Å². The molecule has 0 spiro atoms. The van der Waals surface area contributed by atoms with Crippen LogP contribution >= 0.6 is 0 Å². The van der Waals surface area contributed by atoms with Crippen molar-refractivity contribution in [3.8, 4) is 0 Å². The zero-order valence-corrected chi connectivity index (χ0v) is 10.6. The third kappa shape index (κ3) is 3.03. The van der Waals surface area contributed by atoms with E-state index in [1.54, 1.807) is 0 Å². The second kappa shape index (κ2) is 5.27. The van der Waals surface area contributed by atoms with Crippen molar-refractivity contribution in [1.29, 1.82) is 0 Å². The van der Waals surface area contributed by atoms with E-state index in [0.29, 0.717) is 5.95 Å². The Labute approximate surface area is 102 Å². The Morgan fingerprint density at radius 2 is 1.94 bits per heavy atom. The van der Waals surface area contributed by atoms with E-state index in [1.165, 1.54) is 0 Å². The molecule has 1 aromatic heterocycles. The molecule has 0 unspecified atom stereocenters. The zero-order valence-electron chi connectivity index (χ0n) is 10.6. The monoisotopic (exact) mass is 236 g/mol. The fraction of sp³-hybridized carbons (Fsp3) is 0.727. The highest BCUT2D eigenvalue weighted by Gasteiger charge is 2.16. The molecule has 6 heteroatoms. The van der Waals surface area contributed by atoms with Gasteiger partial charge in [0.1, 0.15) is 5.82 Å². The van der Waals surface area contributed by atoms with Gasteiger partial charge in [-0.15, -0.1) is 0 Å². The standard InChI is InChI=1S/C11H20N6/c1-3-9-13-10(12)15-11(14-9)17-6-4-5-16(2)7-8-17/h3-8H2,1-2H3,(H2,12,13,14,15). The number of aryl methyl sites for hydroxylation is 1. The van der Waals surface area contributed by atoms with Gasteiger partial charge in [-0.1, -0.05) is 6.92 Å². The van der Waals surface area contributed by atoms with Crippen molar-refractivity contribution < 1.29 is 0 Å². The lowest BCUT2D eigenvalue weighted by Gasteiger charge is -2.20. The molecule has 6 nitrogen and oxygen atoms in total. The van der Waals surface area contributed by atoms with Crippen molar-refractivity contribution >= 4 is 11.9 Å². The SMILES string of the molecule is CCc1nc(N)nc(N2CCCN(C)CC2)n1. The fourth-order valence-electron chi connectivity index (χ4n) is 1.97. The van der Waals surface area contributed by atoms with Crippen molar-refractivity contribution in [2.75, 3.05) is 43.9 Å². The van der Waals surface area contributed by atoms with E-state index in [9.17, 15) is 0 Å². The van der Waals surface area contributed by atoms with E-state index >= 15 is 0 Å². The largest absolute Gasteiger partial charge is 0.368 e. The second-order valence-corrected chi connectivity index (χ2v) is 4.41. The van der Waals surface area contributed by atoms with Crippen molar-refractivity contribution in [3.05, 3.63) is 5.82 Å². The molecule has 0 aromatic carbocycles. The molecule has 2 N–H and O–H groups in total. The Morgan fingerprint density at radius 3 is 2.71 bits per heavy atom. The van der Waals surface area contributed by atoms with Crippen molar-refractivity contribution in [3.63, 3.8) is 0 Å². The molecule has 1 saturated heterocycles. The fourth-order valence-corrected chi connectivity index (χ4v) is 1.97. The highest BCUT2D eigenvalue weighted by atomic mass is 15.3. The molecular weight excluding hydrogens is 216 g/mol. The molecule has 1 aliphatic rings. The number of anilines is 2. The molecule has 1 fully saturated rings. The first-order valence-electron chi connectivity index (χ1n) is 6.13. The smallest absolute Gasteiger partial charge is 0.230 e. The molecule has 0 amide bonds. The summed E-state index contributed by atoms with van der Waals surface area (Å²) in [4.78, 5) is 17.3. The summed E-state index contributed by atoms with van der Waals surface area (Å²) in [5, 5.41) is 0. The van der Waals surface area contributed by atoms with Gasteiger partial charge in [-0.05, 0) is 20.0 Å². The van der Waals surface area contributed by atoms with E-state index in [0.717, 1.165) is 50.8 Å². The number of aromatic nitrogens is 3. The number of likely N-dealkylation sites (N-methyl/N-ethyl adjacent to an activating group) is 1. The minimum absolute atomic E-state index is 0.324. The minimum atomic E-state index is 0.324. The van der Waals surface area contributed by atoms with Gasteiger partial charge in [0.25, 0.3) is 0 Å². The van der Waals surface area contributed by atoms with Crippen LogP contribution in [0.2, 0.25) is 0 Å². The van der Waals surface area contributed by atoms with Gasteiger partial charge in [-0.3, -0.25) is 0 Å². The third-order valence-corrected chi connectivity index (χ3v) is 3.01. The maximum atomic E-state index is 5.71. The highest BCUT2D eigenvalue weighted by Crippen LogP contribution is 2.12. The van der Waals surface area contributed by atoms with Gasteiger partial charge >= 0.3 is 0 Å². The maximum Gasteiger partial charge on any atom is 0.230 e. The van der Waals surface area contributed by atoms with Crippen LogP contribution in [-0.4, -0.2) is 53.1 Å². The molecule has 2 heterocycles. The molecule has 0 aliphatic carbocycles. The summed E-state index contributed by atoms with van der Waals surface area (Å²) in [6, 6.07) is 0. The van der Waals surface area contributed by atoms with Crippen LogP contribution in [0.3, 0.4) is 0 Å². The van der Waals surface area contributed by atoms with Gasteiger partial charge in [0.05, 0.1) is 0 Å². The Bertz CT molecular complexity index is 380. The van der Waals surface area contributed by atoms with Gasteiger partial charge in [-0.2, -0.15) is 15.0 Å². The predicted octanol–water partition coefficient (Wildman–Crippen LogP) is 0.158. The molecule has 1 aromatic rings. The predicted molar refractivity (Wildman–Crippen MR) is 67.9 cm³/mol. The summed E-state index contributed by atoms with van der Waals surface area (Å²) in [5.74, 6) is 1.82. The topological polar surface area (TPSA) is 71.2 Å². The minimum Gasteiger partial charge on any atom is -0.368 e. The van der Waals surface area contributed by atoms with Crippen LogP contribution in [0, 0.1) is 0 Å². The van der Waals surface area contributed by atoms with Gasteiger partial charge < -0.3 is 15.5 Å². The van der Waals surface area contributed by atoms with Crippen LogP contribution in [0.25, 0.3) is 0 Å². The molecular formula is C11H20N6. The molecule has 17 heavy (non-hydrogen) atoms. The normalized spacial score (nSPS) is 18.1. The average molecular weight is 236 g/mol. The van der Waals surface area contributed by atoms with E-state index < -0.39 is 0 Å². The number of hydrogen-bond donors (Lipinski definition) is 1. The van der Waals surface area contributed by atoms with Crippen LogP contribution in [0.5, 0.6) is 0 Å². The Balaban J connectivity index is 2.17. The number of hydrogen-bond acceptors (Lipinski definition) is 6. The van der Waals surface area contributed by atoms with Crippen LogP contribution in [0.15, 0.2) is 0 Å². The van der Waals surface area contributed by atoms with E-state index in [2.05, 4.69) is 31.8 Å². The molecule has 94 valence electrons. The van der Waals surface area contributed by atoms with Crippen molar-refractivity contribution in [2.45, 2.75) is 19.8 Å². The highest BCUT2D eigenvalue weighted by molar-refractivity contribution is 5.34. The quantitative estimate of drug-likeness (QED) is 0.788. The van der Waals surface area contributed by atoms with E-state index in [4.69, 9.17) is 5.73 Å². The molecule has 0 atom stereocenters. The lowest BCUT2D eigenvalue weighted by molar-refractivity contribution is 0.360. The summed E-state index contributed by atoms with van der Waals surface area (Å²) in [6.07, 6.45) is 1.91. The Hall–Kier alpha value is -1.43. The Morgan fingerprint density at radius 1 is 1.12 bits per heavy atom. The van der Waals surface area contributed by atoms with Gasteiger partial charge in [0.15, 0.2) is 0 Å². The first kappa shape index (κ1) is 12.0. The Kier molecular flexibility index (Phi) is 3.73. The molecule has 0 radical (unpaired) electrons. The van der Waals surface area contributed by atoms with E-state index in [1.807, 2.05) is 6.92 Å². The third-order valence-electron chi connectivity index (χ3n) is 3.01. The first-order chi connectivity index (χ1) is 8.19. The number of rotatable bonds is 2. The second-order valence-electron chi connectivity index (χ2n) is 4.41. The van der Waals surface area contributed by atoms with Crippen molar-refractivity contribution in [2.24, 2.45) is 0 Å². The molecule has 1 aliphatic heterocycles. The number of nitrogens with two attached hydrogens (primary N) is 1. The number of nitrogens with zero attached hydrogens (tertiary/aromatic N) is 5.